The molecule has 2 heterocycles. The summed E-state index contributed by atoms with van der Waals surface area (Å²) in [6.45, 7) is 4.77. The molecule has 0 fully saturated rings. The van der Waals surface area contributed by atoms with Crippen molar-refractivity contribution < 1.29 is 39.6 Å². The number of rotatable bonds is 14. The lowest BCUT2D eigenvalue weighted by molar-refractivity contribution is -0.125. The van der Waals surface area contributed by atoms with Gasteiger partial charge in [0.2, 0.25) is 17.7 Å². The van der Waals surface area contributed by atoms with Crippen molar-refractivity contribution >= 4 is 24.0 Å². The molecule has 0 bridgehead atoms. The van der Waals surface area contributed by atoms with Crippen LogP contribution >= 0.6 is 0 Å². The van der Waals surface area contributed by atoms with E-state index in [2.05, 4.69) is 16.0 Å². The molecule has 228 valence electrons. The van der Waals surface area contributed by atoms with Crippen LogP contribution in [0.5, 0.6) is 0 Å². The van der Waals surface area contributed by atoms with E-state index in [1.54, 1.807) is 37.7 Å². The highest BCUT2D eigenvalue weighted by atomic mass is 16.3. The van der Waals surface area contributed by atoms with Gasteiger partial charge in [-0.3, -0.25) is 14.4 Å². The summed E-state index contributed by atoms with van der Waals surface area (Å²) in [5, 5.41) is 48.7. The number of aliphatic hydroxyl groups excluding tert-OH is 4. The van der Waals surface area contributed by atoms with Crippen molar-refractivity contribution in [2.75, 3.05) is 27.2 Å². The molecule has 0 aromatic heterocycles. The van der Waals surface area contributed by atoms with Gasteiger partial charge >= 0.3 is 0 Å². The lowest BCUT2D eigenvalue weighted by atomic mass is 9.83. The van der Waals surface area contributed by atoms with E-state index in [4.69, 9.17) is 0 Å². The van der Waals surface area contributed by atoms with Gasteiger partial charge in [0.25, 0.3) is 0 Å². The Morgan fingerprint density at radius 1 is 0.854 bits per heavy atom. The van der Waals surface area contributed by atoms with E-state index in [1.165, 1.54) is 19.1 Å². The highest BCUT2D eigenvalue weighted by molar-refractivity contribution is 5.78. The fourth-order valence-corrected chi connectivity index (χ4v) is 4.89. The van der Waals surface area contributed by atoms with E-state index in [9.17, 15) is 39.6 Å². The molecule has 0 saturated heterocycles. The summed E-state index contributed by atoms with van der Waals surface area (Å²) in [5.41, 5.74) is 1.10. The first kappa shape index (κ1) is 33.4. The van der Waals surface area contributed by atoms with Crippen LogP contribution in [0.3, 0.4) is 0 Å². The predicted octanol–water partition coefficient (Wildman–Crippen LogP) is 0.593. The van der Waals surface area contributed by atoms with Crippen LogP contribution in [-0.2, 0) is 19.2 Å². The van der Waals surface area contributed by atoms with Gasteiger partial charge in [-0.05, 0) is 45.3 Å². The number of aldehydes is 1. The number of likely N-dealkylation sites (N-methyl/N-ethyl adjacent to an activating group) is 2. The molecule has 2 unspecified atom stereocenters. The van der Waals surface area contributed by atoms with E-state index in [-0.39, 0.29) is 80.9 Å². The number of allylic oxidation sites excluding steroid dienone is 2. The third-order valence-corrected chi connectivity index (χ3v) is 7.57. The Morgan fingerprint density at radius 2 is 1.27 bits per heavy atom. The van der Waals surface area contributed by atoms with Gasteiger partial charge in [-0.15, -0.1) is 0 Å². The van der Waals surface area contributed by atoms with Crippen molar-refractivity contribution in [3.8, 4) is 0 Å². The van der Waals surface area contributed by atoms with Crippen LogP contribution < -0.4 is 16.0 Å². The van der Waals surface area contributed by atoms with Gasteiger partial charge in [0.1, 0.15) is 30.0 Å². The van der Waals surface area contributed by atoms with Gasteiger partial charge in [0.05, 0.1) is 24.5 Å². The minimum atomic E-state index is -1.16. The lowest BCUT2D eigenvalue weighted by Crippen LogP contribution is -2.49. The number of carbonyl (C=O) groups excluding carboxylic acids is 4. The summed E-state index contributed by atoms with van der Waals surface area (Å²) in [5.74, 6) is -1.65. The normalized spacial score (nSPS) is 20.7. The summed E-state index contributed by atoms with van der Waals surface area (Å²) >= 11 is 0. The smallest absolute Gasteiger partial charge is 0.220 e. The van der Waals surface area contributed by atoms with Gasteiger partial charge in [0, 0.05) is 57.2 Å². The van der Waals surface area contributed by atoms with Gasteiger partial charge in [-0.2, -0.15) is 0 Å². The number of hydrogen-bond donors (Lipinski definition) is 7. The molecule has 41 heavy (non-hydrogen) atoms. The Morgan fingerprint density at radius 3 is 1.63 bits per heavy atom. The van der Waals surface area contributed by atoms with Crippen molar-refractivity contribution in [3.63, 3.8) is 0 Å². The summed E-state index contributed by atoms with van der Waals surface area (Å²) < 4.78 is 0. The quantitative estimate of drug-likeness (QED) is 0.144. The summed E-state index contributed by atoms with van der Waals surface area (Å²) in [6.07, 6.45) is 1.89. The molecule has 0 aromatic rings. The summed E-state index contributed by atoms with van der Waals surface area (Å²) in [4.78, 5) is 52.2. The van der Waals surface area contributed by atoms with Gasteiger partial charge in [-0.25, -0.2) is 0 Å². The molecule has 2 rings (SSSR count). The maximum atomic E-state index is 12.8. The van der Waals surface area contributed by atoms with Gasteiger partial charge in [0.15, 0.2) is 0 Å². The highest BCUT2D eigenvalue weighted by Crippen LogP contribution is 2.27. The summed E-state index contributed by atoms with van der Waals surface area (Å²) in [7, 11) is 3.40. The van der Waals surface area contributed by atoms with E-state index < -0.39 is 17.7 Å². The Balaban J connectivity index is 2.04. The first-order valence-corrected chi connectivity index (χ1v) is 13.5. The zero-order chi connectivity index (χ0) is 30.9. The van der Waals surface area contributed by atoms with E-state index in [0.29, 0.717) is 29.1 Å². The second-order valence-electron chi connectivity index (χ2n) is 10.5. The van der Waals surface area contributed by atoms with E-state index in [1.807, 2.05) is 0 Å². The van der Waals surface area contributed by atoms with Crippen LogP contribution in [0.15, 0.2) is 46.5 Å². The van der Waals surface area contributed by atoms with E-state index >= 15 is 0 Å². The zero-order valence-corrected chi connectivity index (χ0v) is 24.4. The maximum Gasteiger partial charge on any atom is 0.220 e. The van der Waals surface area contributed by atoms with Crippen LogP contribution in [0.25, 0.3) is 0 Å². The molecule has 0 saturated carbocycles. The molecular weight excluding hydrogens is 534 g/mol. The van der Waals surface area contributed by atoms with Crippen LogP contribution in [0.2, 0.25) is 0 Å². The predicted molar refractivity (Wildman–Crippen MR) is 151 cm³/mol. The first-order chi connectivity index (χ1) is 19.2. The summed E-state index contributed by atoms with van der Waals surface area (Å²) in [6, 6.07) is 0. The van der Waals surface area contributed by atoms with Crippen molar-refractivity contribution in [1.29, 1.82) is 0 Å². The second-order valence-corrected chi connectivity index (χ2v) is 10.5. The molecule has 2 aliphatic heterocycles. The average Bonchev–Trinajstić information content (AvgIpc) is 2.91. The molecule has 13 heteroatoms. The fourth-order valence-electron chi connectivity index (χ4n) is 4.89. The van der Waals surface area contributed by atoms with Crippen LogP contribution in [0, 0.1) is 0 Å². The minimum Gasteiger partial charge on any atom is -0.507 e. The average molecular weight is 578 g/mol. The molecule has 0 spiro atoms. The number of nitrogens with one attached hydrogen (secondary N) is 3. The molecule has 3 amide bonds. The minimum absolute atomic E-state index is 0.0339. The monoisotopic (exact) mass is 577 g/mol. The topological polar surface area (TPSA) is 192 Å². The number of aliphatic hydroxyl groups is 4. The number of carbonyl (C=O) groups is 4. The van der Waals surface area contributed by atoms with Crippen LogP contribution in [0.1, 0.15) is 59.3 Å². The zero-order valence-electron chi connectivity index (χ0n) is 24.4. The number of nitrogens with zero attached hydrogens (tertiary/aromatic N) is 2. The Bertz CT molecular complexity index is 1070. The SMILES string of the molecule is CC(=O)NC(CCC=O)(CCC(=O)NCC1=C(O)C(O)C=C(C)N1C)CCC(=O)NCC1=C(O)C(O)C=C(C)N1C. The maximum absolute atomic E-state index is 12.8. The first-order valence-electron chi connectivity index (χ1n) is 13.5. The van der Waals surface area contributed by atoms with Gasteiger partial charge < -0.3 is 51.0 Å². The Labute approximate surface area is 240 Å². The van der Waals surface area contributed by atoms with Gasteiger partial charge in [-0.1, -0.05) is 0 Å². The van der Waals surface area contributed by atoms with E-state index in [0.717, 1.165) is 0 Å². The third kappa shape index (κ3) is 9.08. The molecule has 0 radical (unpaired) electrons. The molecule has 13 nitrogen and oxygen atoms in total. The second kappa shape index (κ2) is 14.7. The van der Waals surface area contributed by atoms with Crippen molar-refractivity contribution in [3.05, 3.63) is 46.5 Å². The van der Waals surface area contributed by atoms with Crippen molar-refractivity contribution in [2.45, 2.75) is 77.0 Å². The van der Waals surface area contributed by atoms with Crippen molar-refractivity contribution in [2.24, 2.45) is 0 Å². The Kier molecular flexibility index (Phi) is 12.0. The van der Waals surface area contributed by atoms with Crippen molar-refractivity contribution in [1.82, 2.24) is 25.8 Å². The molecular formula is C28H43N5O8. The molecule has 0 aromatic carbocycles. The standard InChI is InChI=1S/C28H43N5O8/c1-17-13-22(36)26(40)20(32(17)4)15-29-24(38)7-10-28(9-6-12-34,31-19(3)35)11-8-25(39)30-16-21-27(41)23(37)14-18(2)33(21)5/h12-14,22-23,36-37,40-41H,6-11,15-16H2,1-5H3,(H,29,38)(H,30,39)(H,31,35). The number of hydrogen-bond acceptors (Lipinski definition) is 10. The van der Waals surface area contributed by atoms with Crippen LogP contribution in [-0.4, -0.2) is 99.2 Å². The fraction of sp³-hybridized carbons (Fsp3) is 0.571. The largest absolute Gasteiger partial charge is 0.507 e. The molecule has 2 atom stereocenters. The third-order valence-electron chi connectivity index (χ3n) is 7.57. The highest BCUT2D eigenvalue weighted by Gasteiger charge is 2.32. The molecule has 2 aliphatic rings. The molecule has 0 aliphatic carbocycles. The number of amides is 3. The molecule has 7 N–H and O–H groups in total. The lowest BCUT2D eigenvalue weighted by Gasteiger charge is -2.35. The van der Waals surface area contributed by atoms with Crippen LogP contribution in [0.4, 0.5) is 0 Å². The Hall–Kier alpha value is -3.84.